The molecule has 0 unspecified atom stereocenters. The highest BCUT2D eigenvalue weighted by Gasteiger charge is 2.08. The van der Waals surface area contributed by atoms with Crippen LogP contribution < -0.4 is 10.5 Å². The molecule has 3 nitrogen and oxygen atoms in total. The van der Waals surface area contributed by atoms with E-state index in [9.17, 15) is 0 Å². The molecule has 2 aromatic rings. The van der Waals surface area contributed by atoms with Crippen molar-refractivity contribution in [3.05, 3.63) is 63.1 Å². The van der Waals surface area contributed by atoms with E-state index >= 15 is 0 Å². The molecule has 0 aliphatic rings. The van der Waals surface area contributed by atoms with E-state index in [1.54, 1.807) is 6.07 Å². The van der Waals surface area contributed by atoms with E-state index in [0.717, 1.165) is 26.9 Å². The standard InChI is InChI=1S/C16H15BrN2O/c1-11-7-12(8-18)5-6-14(11)10-20-16-13(9-19)3-2-4-15(16)17/h2-7H,9-10,19H2,1H3. The number of benzene rings is 2. The molecular formula is C16H15BrN2O. The minimum Gasteiger partial charge on any atom is -0.487 e. The van der Waals surface area contributed by atoms with E-state index in [1.165, 1.54) is 0 Å². The molecule has 0 radical (unpaired) electrons. The first-order valence-corrected chi connectivity index (χ1v) is 7.05. The van der Waals surface area contributed by atoms with Gasteiger partial charge in [0.2, 0.25) is 0 Å². The van der Waals surface area contributed by atoms with Crippen LogP contribution >= 0.6 is 15.9 Å². The van der Waals surface area contributed by atoms with E-state index < -0.39 is 0 Å². The van der Waals surface area contributed by atoms with E-state index in [1.807, 2.05) is 37.3 Å². The van der Waals surface area contributed by atoms with Crippen LogP contribution in [0.2, 0.25) is 0 Å². The quantitative estimate of drug-likeness (QED) is 0.930. The first-order valence-electron chi connectivity index (χ1n) is 6.25. The van der Waals surface area contributed by atoms with Crippen molar-refractivity contribution >= 4 is 15.9 Å². The molecule has 102 valence electrons. The zero-order valence-electron chi connectivity index (χ0n) is 11.2. The Labute approximate surface area is 127 Å². The van der Waals surface area contributed by atoms with Crippen molar-refractivity contribution < 1.29 is 4.74 Å². The van der Waals surface area contributed by atoms with Gasteiger partial charge in [0.1, 0.15) is 12.4 Å². The molecule has 0 aromatic heterocycles. The third kappa shape index (κ3) is 3.19. The minimum atomic E-state index is 0.432. The van der Waals surface area contributed by atoms with Gasteiger partial charge < -0.3 is 10.5 Å². The molecule has 0 heterocycles. The summed E-state index contributed by atoms with van der Waals surface area (Å²) in [5.41, 5.74) is 9.45. The van der Waals surface area contributed by atoms with Crippen molar-refractivity contribution in [2.24, 2.45) is 5.73 Å². The fourth-order valence-electron chi connectivity index (χ4n) is 1.95. The average Bonchev–Trinajstić information content (AvgIpc) is 2.46. The van der Waals surface area contributed by atoms with Crippen LogP contribution in [-0.2, 0) is 13.2 Å². The van der Waals surface area contributed by atoms with Crippen LogP contribution in [0.4, 0.5) is 0 Å². The molecule has 0 fully saturated rings. The second kappa shape index (κ2) is 6.56. The maximum absolute atomic E-state index is 8.86. The van der Waals surface area contributed by atoms with Gasteiger partial charge in [-0.15, -0.1) is 0 Å². The topological polar surface area (TPSA) is 59.0 Å². The number of para-hydroxylation sites is 1. The van der Waals surface area contributed by atoms with Crippen LogP contribution in [0, 0.1) is 18.3 Å². The minimum absolute atomic E-state index is 0.432. The Morgan fingerprint density at radius 2 is 2.05 bits per heavy atom. The summed E-state index contributed by atoms with van der Waals surface area (Å²) in [6.45, 7) is 2.86. The monoisotopic (exact) mass is 330 g/mol. The van der Waals surface area contributed by atoms with Crippen molar-refractivity contribution in [2.75, 3.05) is 0 Å². The van der Waals surface area contributed by atoms with Gasteiger partial charge in [-0.1, -0.05) is 18.2 Å². The van der Waals surface area contributed by atoms with Gasteiger partial charge in [-0.2, -0.15) is 5.26 Å². The van der Waals surface area contributed by atoms with Gasteiger partial charge in [0.15, 0.2) is 0 Å². The van der Waals surface area contributed by atoms with Crippen LogP contribution in [0.5, 0.6) is 5.75 Å². The van der Waals surface area contributed by atoms with Gasteiger partial charge in [0.05, 0.1) is 16.1 Å². The Bertz CT molecular complexity index is 662. The first-order chi connectivity index (χ1) is 9.65. The predicted octanol–water partition coefficient (Wildman–Crippen LogP) is 3.67. The van der Waals surface area contributed by atoms with Crippen molar-refractivity contribution in [1.82, 2.24) is 0 Å². The Balaban J connectivity index is 2.19. The van der Waals surface area contributed by atoms with E-state index in [-0.39, 0.29) is 0 Å². The normalized spacial score (nSPS) is 10.1. The predicted molar refractivity (Wildman–Crippen MR) is 82.3 cm³/mol. The van der Waals surface area contributed by atoms with Crippen LogP contribution in [0.3, 0.4) is 0 Å². The number of nitrogens with two attached hydrogens (primary N) is 1. The maximum atomic E-state index is 8.86. The molecule has 0 saturated heterocycles. The van der Waals surface area contributed by atoms with Crippen LogP contribution in [0.1, 0.15) is 22.3 Å². The first kappa shape index (κ1) is 14.6. The SMILES string of the molecule is Cc1cc(C#N)ccc1COc1c(Br)cccc1CN. The Kier molecular flexibility index (Phi) is 4.78. The number of halogens is 1. The maximum Gasteiger partial charge on any atom is 0.138 e. The Morgan fingerprint density at radius 1 is 1.25 bits per heavy atom. The van der Waals surface area contributed by atoms with Gasteiger partial charge in [0, 0.05) is 12.1 Å². The summed E-state index contributed by atoms with van der Waals surface area (Å²) in [5.74, 6) is 0.777. The van der Waals surface area contributed by atoms with Crippen molar-refractivity contribution in [3.63, 3.8) is 0 Å². The molecule has 4 heteroatoms. The zero-order valence-corrected chi connectivity index (χ0v) is 12.8. The number of aryl methyl sites for hydroxylation is 1. The highest BCUT2D eigenvalue weighted by molar-refractivity contribution is 9.10. The highest BCUT2D eigenvalue weighted by Crippen LogP contribution is 2.29. The number of rotatable bonds is 4. The number of ether oxygens (including phenoxy) is 1. The van der Waals surface area contributed by atoms with Crippen molar-refractivity contribution in [3.8, 4) is 11.8 Å². The molecule has 0 aliphatic heterocycles. The fraction of sp³-hybridized carbons (Fsp3) is 0.188. The molecule has 2 N–H and O–H groups in total. The highest BCUT2D eigenvalue weighted by atomic mass is 79.9. The summed E-state index contributed by atoms with van der Waals surface area (Å²) >= 11 is 3.48. The Morgan fingerprint density at radius 3 is 2.70 bits per heavy atom. The van der Waals surface area contributed by atoms with Gasteiger partial charge in [-0.05, 0) is 52.2 Å². The smallest absolute Gasteiger partial charge is 0.138 e. The summed E-state index contributed by atoms with van der Waals surface area (Å²) in [6, 6.07) is 13.5. The fourth-order valence-corrected chi connectivity index (χ4v) is 2.47. The largest absolute Gasteiger partial charge is 0.487 e. The number of nitrogens with zero attached hydrogens (tertiary/aromatic N) is 1. The second-order valence-corrected chi connectivity index (χ2v) is 5.33. The van der Waals surface area contributed by atoms with E-state index in [2.05, 4.69) is 22.0 Å². The average molecular weight is 331 g/mol. The molecule has 0 amide bonds. The molecule has 2 rings (SSSR count). The molecular weight excluding hydrogens is 316 g/mol. The van der Waals surface area contributed by atoms with Crippen LogP contribution in [-0.4, -0.2) is 0 Å². The molecule has 0 spiro atoms. The summed E-state index contributed by atoms with van der Waals surface area (Å²) in [7, 11) is 0. The molecule has 2 aromatic carbocycles. The lowest BCUT2D eigenvalue weighted by atomic mass is 10.1. The summed E-state index contributed by atoms with van der Waals surface area (Å²) < 4.78 is 6.78. The van der Waals surface area contributed by atoms with Gasteiger partial charge in [-0.25, -0.2) is 0 Å². The third-order valence-corrected chi connectivity index (χ3v) is 3.74. The van der Waals surface area contributed by atoms with Crippen LogP contribution in [0.25, 0.3) is 0 Å². The van der Waals surface area contributed by atoms with E-state index in [4.69, 9.17) is 15.7 Å². The number of nitriles is 1. The molecule has 20 heavy (non-hydrogen) atoms. The van der Waals surface area contributed by atoms with Crippen LogP contribution in [0.15, 0.2) is 40.9 Å². The number of hydrogen-bond acceptors (Lipinski definition) is 3. The summed E-state index contributed by atoms with van der Waals surface area (Å²) in [5, 5.41) is 8.86. The molecule has 0 aliphatic carbocycles. The molecule has 0 bridgehead atoms. The lowest BCUT2D eigenvalue weighted by molar-refractivity contribution is 0.300. The molecule has 0 atom stereocenters. The van der Waals surface area contributed by atoms with E-state index in [0.29, 0.717) is 18.7 Å². The summed E-state index contributed by atoms with van der Waals surface area (Å²) in [6.07, 6.45) is 0. The third-order valence-electron chi connectivity index (χ3n) is 3.11. The lowest BCUT2D eigenvalue weighted by Gasteiger charge is -2.13. The Hall–Kier alpha value is -1.83. The zero-order chi connectivity index (χ0) is 14.5. The van der Waals surface area contributed by atoms with Gasteiger partial charge >= 0.3 is 0 Å². The second-order valence-electron chi connectivity index (χ2n) is 4.47. The van der Waals surface area contributed by atoms with Gasteiger partial charge in [0.25, 0.3) is 0 Å². The van der Waals surface area contributed by atoms with Crippen molar-refractivity contribution in [2.45, 2.75) is 20.1 Å². The molecule has 0 saturated carbocycles. The van der Waals surface area contributed by atoms with Gasteiger partial charge in [-0.3, -0.25) is 0 Å². The van der Waals surface area contributed by atoms with Crippen molar-refractivity contribution in [1.29, 1.82) is 5.26 Å². The summed E-state index contributed by atoms with van der Waals surface area (Å²) in [4.78, 5) is 0. The number of hydrogen-bond donors (Lipinski definition) is 1. The lowest BCUT2D eigenvalue weighted by Crippen LogP contribution is -2.04.